The zero-order valence-corrected chi connectivity index (χ0v) is 12.0. The predicted octanol–water partition coefficient (Wildman–Crippen LogP) is 1.58. The molecular weight excluding hydrogens is 254 g/mol. The minimum absolute atomic E-state index is 0.0200. The Bertz CT molecular complexity index is 435. The molecule has 1 heterocycles. The molecule has 1 fully saturated rings. The number of hydrogen-bond donors (Lipinski definition) is 1. The van der Waals surface area contributed by atoms with Gasteiger partial charge in [-0.3, -0.25) is 4.79 Å². The number of carbonyl (C=O) groups is 1. The molecule has 1 atom stereocenters. The van der Waals surface area contributed by atoms with Crippen LogP contribution < -0.4 is 0 Å². The second-order valence-corrected chi connectivity index (χ2v) is 5.58. The molecule has 0 aliphatic carbocycles. The molecule has 1 aromatic carbocycles. The third-order valence-electron chi connectivity index (χ3n) is 4.00. The van der Waals surface area contributed by atoms with E-state index in [1.165, 1.54) is 5.56 Å². The Morgan fingerprint density at radius 2 is 2.05 bits per heavy atom. The van der Waals surface area contributed by atoms with Crippen molar-refractivity contribution in [3.8, 4) is 0 Å². The summed E-state index contributed by atoms with van der Waals surface area (Å²) in [4.78, 5) is 13.9. The third kappa shape index (κ3) is 3.58. The number of hydrogen-bond acceptors (Lipinski definition) is 3. The van der Waals surface area contributed by atoms with Crippen molar-refractivity contribution < 1.29 is 14.6 Å². The number of aliphatic hydroxyl groups is 1. The summed E-state index contributed by atoms with van der Waals surface area (Å²) < 4.78 is 5.26. The minimum Gasteiger partial charge on any atom is -0.394 e. The molecule has 0 bridgehead atoms. The molecule has 0 spiro atoms. The molecule has 2 rings (SSSR count). The average Bonchev–Trinajstić information content (AvgIpc) is 2.48. The molecule has 0 radical (unpaired) electrons. The van der Waals surface area contributed by atoms with E-state index in [2.05, 4.69) is 19.1 Å². The van der Waals surface area contributed by atoms with E-state index < -0.39 is 0 Å². The Hall–Kier alpha value is -1.39. The maximum absolute atomic E-state index is 12.0. The van der Waals surface area contributed by atoms with Crippen LogP contribution >= 0.6 is 0 Å². The van der Waals surface area contributed by atoms with Gasteiger partial charge in [0.05, 0.1) is 19.8 Å². The fraction of sp³-hybridized carbons (Fsp3) is 0.562. The van der Waals surface area contributed by atoms with Crippen molar-refractivity contribution in [3.05, 3.63) is 35.9 Å². The molecule has 1 N–H and O–H groups in total. The van der Waals surface area contributed by atoms with Gasteiger partial charge >= 0.3 is 0 Å². The van der Waals surface area contributed by atoms with E-state index in [-0.39, 0.29) is 17.9 Å². The van der Waals surface area contributed by atoms with E-state index in [4.69, 9.17) is 9.84 Å². The Morgan fingerprint density at radius 1 is 1.30 bits per heavy atom. The lowest BCUT2D eigenvalue weighted by Crippen LogP contribution is -2.48. The van der Waals surface area contributed by atoms with E-state index in [1.54, 1.807) is 0 Å². The number of nitrogens with zero attached hydrogens (tertiary/aromatic N) is 1. The maximum Gasteiger partial charge on any atom is 0.222 e. The second kappa shape index (κ2) is 6.86. The van der Waals surface area contributed by atoms with E-state index in [0.717, 1.165) is 13.0 Å². The normalized spacial score (nSPS) is 23.1. The van der Waals surface area contributed by atoms with Gasteiger partial charge in [-0.2, -0.15) is 0 Å². The van der Waals surface area contributed by atoms with Crippen molar-refractivity contribution in [1.82, 2.24) is 4.90 Å². The van der Waals surface area contributed by atoms with Crippen LogP contribution in [0.5, 0.6) is 0 Å². The number of rotatable bonds is 6. The average molecular weight is 277 g/mol. The minimum atomic E-state index is 0.0200. The van der Waals surface area contributed by atoms with Crippen molar-refractivity contribution in [2.24, 2.45) is 0 Å². The van der Waals surface area contributed by atoms with Crippen LogP contribution in [0.15, 0.2) is 30.3 Å². The zero-order valence-electron chi connectivity index (χ0n) is 12.0. The molecular formula is C16H23NO3. The summed E-state index contributed by atoms with van der Waals surface area (Å²) in [5.41, 5.74) is 1.31. The highest BCUT2D eigenvalue weighted by Crippen LogP contribution is 2.33. The molecule has 1 saturated heterocycles. The number of amides is 1. The van der Waals surface area contributed by atoms with Crippen LogP contribution in [0.1, 0.15) is 25.3 Å². The summed E-state index contributed by atoms with van der Waals surface area (Å²) >= 11 is 0. The second-order valence-electron chi connectivity index (χ2n) is 5.58. The molecule has 110 valence electrons. The van der Waals surface area contributed by atoms with Gasteiger partial charge in [-0.15, -0.1) is 0 Å². The molecule has 0 aromatic heterocycles. The number of likely N-dealkylation sites (tertiary alicyclic amines) is 1. The number of ether oxygens (including phenoxy) is 1. The van der Waals surface area contributed by atoms with Crippen LogP contribution in [-0.4, -0.2) is 48.8 Å². The van der Waals surface area contributed by atoms with E-state index in [0.29, 0.717) is 26.2 Å². The van der Waals surface area contributed by atoms with E-state index >= 15 is 0 Å². The van der Waals surface area contributed by atoms with Crippen LogP contribution in [0.3, 0.4) is 0 Å². The van der Waals surface area contributed by atoms with Gasteiger partial charge in [0, 0.05) is 24.9 Å². The predicted molar refractivity (Wildman–Crippen MR) is 77.5 cm³/mol. The smallest absolute Gasteiger partial charge is 0.222 e. The standard InChI is InChI=1S/C16H23NO3/c1-16(14-5-3-2-4-6-14)8-7-15(19)17(13-16)9-11-20-12-10-18/h2-6,18H,7-13H2,1H3/t16-/m0/s1. The Balaban J connectivity index is 1.98. The highest BCUT2D eigenvalue weighted by atomic mass is 16.5. The van der Waals surface area contributed by atoms with Gasteiger partial charge in [-0.1, -0.05) is 37.3 Å². The van der Waals surface area contributed by atoms with Gasteiger partial charge in [0.1, 0.15) is 0 Å². The first-order valence-corrected chi connectivity index (χ1v) is 7.18. The molecule has 1 aliphatic heterocycles. The fourth-order valence-corrected chi connectivity index (χ4v) is 2.75. The molecule has 1 aromatic rings. The van der Waals surface area contributed by atoms with Gasteiger partial charge in [0.2, 0.25) is 5.91 Å². The molecule has 0 unspecified atom stereocenters. The van der Waals surface area contributed by atoms with Gasteiger partial charge < -0.3 is 14.7 Å². The van der Waals surface area contributed by atoms with Crippen molar-refractivity contribution in [2.75, 3.05) is 32.9 Å². The molecule has 4 nitrogen and oxygen atoms in total. The van der Waals surface area contributed by atoms with Crippen molar-refractivity contribution >= 4 is 5.91 Å². The lowest BCUT2D eigenvalue weighted by Gasteiger charge is -2.40. The lowest BCUT2D eigenvalue weighted by atomic mass is 9.76. The molecule has 1 amide bonds. The van der Waals surface area contributed by atoms with Crippen LogP contribution in [0, 0.1) is 0 Å². The number of carbonyl (C=O) groups excluding carboxylic acids is 1. The molecule has 0 saturated carbocycles. The quantitative estimate of drug-likeness (QED) is 0.803. The SMILES string of the molecule is C[C@]1(c2ccccc2)CCC(=O)N(CCOCCO)C1. The van der Waals surface area contributed by atoms with Crippen LogP contribution in [0.4, 0.5) is 0 Å². The van der Waals surface area contributed by atoms with Gasteiger partial charge in [0.15, 0.2) is 0 Å². The van der Waals surface area contributed by atoms with Gasteiger partial charge in [-0.25, -0.2) is 0 Å². The first-order chi connectivity index (χ1) is 9.65. The first kappa shape index (κ1) is 15.0. The summed E-state index contributed by atoms with van der Waals surface area (Å²) in [5.74, 6) is 0.200. The molecule has 4 heteroatoms. The Morgan fingerprint density at radius 3 is 2.75 bits per heavy atom. The fourth-order valence-electron chi connectivity index (χ4n) is 2.75. The number of aliphatic hydroxyl groups excluding tert-OH is 1. The highest BCUT2D eigenvalue weighted by Gasteiger charge is 2.35. The van der Waals surface area contributed by atoms with Gasteiger partial charge in [0.25, 0.3) is 0 Å². The van der Waals surface area contributed by atoms with Crippen LogP contribution in [0.2, 0.25) is 0 Å². The topological polar surface area (TPSA) is 49.8 Å². The monoisotopic (exact) mass is 277 g/mol. The highest BCUT2D eigenvalue weighted by molar-refractivity contribution is 5.77. The number of benzene rings is 1. The van der Waals surface area contributed by atoms with E-state index in [1.807, 2.05) is 23.1 Å². The van der Waals surface area contributed by atoms with Crippen molar-refractivity contribution in [3.63, 3.8) is 0 Å². The maximum atomic E-state index is 12.0. The summed E-state index contributed by atoms with van der Waals surface area (Å²) in [6.07, 6.45) is 1.48. The summed E-state index contributed by atoms with van der Waals surface area (Å²) in [7, 11) is 0. The Labute approximate surface area is 120 Å². The van der Waals surface area contributed by atoms with Gasteiger partial charge in [-0.05, 0) is 12.0 Å². The third-order valence-corrected chi connectivity index (χ3v) is 4.00. The summed E-state index contributed by atoms with van der Waals surface area (Å²) in [5, 5.41) is 8.68. The molecule has 20 heavy (non-hydrogen) atoms. The van der Waals surface area contributed by atoms with E-state index in [9.17, 15) is 4.79 Å². The lowest BCUT2D eigenvalue weighted by molar-refractivity contribution is -0.136. The number of piperidine rings is 1. The van der Waals surface area contributed by atoms with Crippen LogP contribution in [-0.2, 0) is 14.9 Å². The zero-order chi connectivity index (χ0) is 14.4. The Kier molecular flexibility index (Phi) is 5.15. The van der Waals surface area contributed by atoms with Crippen LogP contribution in [0.25, 0.3) is 0 Å². The summed E-state index contributed by atoms with van der Waals surface area (Å²) in [6, 6.07) is 10.4. The largest absolute Gasteiger partial charge is 0.394 e. The van der Waals surface area contributed by atoms with Crippen molar-refractivity contribution in [1.29, 1.82) is 0 Å². The van der Waals surface area contributed by atoms with Crippen molar-refractivity contribution in [2.45, 2.75) is 25.2 Å². The summed E-state index contributed by atoms with van der Waals surface area (Å²) in [6.45, 7) is 4.39. The molecule has 1 aliphatic rings. The first-order valence-electron chi connectivity index (χ1n) is 7.18.